The summed E-state index contributed by atoms with van der Waals surface area (Å²) in [5.74, 6) is 0.679. The van der Waals surface area contributed by atoms with Gasteiger partial charge in [-0.25, -0.2) is 0 Å². The molecule has 0 bridgehead atoms. The van der Waals surface area contributed by atoms with E-state index in [1.807, 2.05) is 41.8 Å². The fraction of sp³-hybridized carbons (Fsp3) is 0.294. The van der Waals surface area contributed by atoms with Crippen LogP contribution in [0.4, 0.5) is 5.69 Å². The van der Waals surface area contributed by atoms with Gasteiger partial charge in [-0.2, -0.15) is 0 Å². The minimum Gasteiger partial charge on any atom is -0.497 e. The predicted octanol–water partition coefficient (Wildman–Crippen LogP) is 2.22. The van der Waals surface area contributed by atoms with Gasteiger partial charge < -0.3 is 15.0 Å². The van der Waals surface area contributed by atoms with Crippen LogP contribution in [-0.2, 0) is 16.0 Å². The normalized spacial score (nSPS) is 17.3. The van der Waals surface area contributed by atoms with E-state index in [-0.39, 0.29) is 17.9 Å². The molecule has 0 aliphatic carbocycles. The van der Waals surface area contributed by atoms with Gasteiger partial charge in [-0.1, -0.05) is 12.1 Å². The average molecular weight is 330 g/mol. The standard InChI is InChI=1S/C17H18N2O3S/c1-22-14-5-2-4-13(9-14)19-11-12(8-17(19)21)18-16(20)10-15-6-3-7-23-15/h2-7,9,12H,8,10-11H2,1H3,(H,18,20)/t12-/m0/s1. The zero-order chi connectivity index (χ0) is 16.2. The number of hydrogen-bond donors (Lipinski definition) is 1. The van der Waals surface area contributed by atoms with Gasteiger partial charge >= 0.3 is 0 Å². The molecule has 1 saturated heterocycles. The van der Waals surface area contributed by atoms with E-state index in [0.717, 1.165) is 10.6 Å². The van der Waals surface area contributed by atoms with Crippen LogP contribution in [0.25, 0.3) is 0 Å². The molecule has 1 N–H and O–H groups in total. The maximum absolute atomic E-state index is 12.2. The Kier molecular flexibility index (Phi) is 4.62. The quantitative estimate of drug-likeness (QED) is 0.914. The Morgan fingerprint density at radius 3 is 3.00 bits per heavy atom. The van der Waals surface area contributed by atoms with Crippen LogP contribution in [0.1, 0.15) is 11.3 Å². The van der Waals surface area contributed by atoms with Gasteiger partial charge in [0, 0.05) is 29.6 Å². The van der Waals surface area contributed by atoms with Crippen molar-refractivity contribution in [2.45, 2.75) is 18.9 Å². The lowest BCUT2D eigenvalue weighted by Gasteiger charge is -2.18. The van der Waals surface area contributed by atoms with Gasteiger partial charge in [0.05, 0.1) is 19.6 Å². The molecular weight excluding hydrogens is 312 g/mol. The summed E-state index contributed by atoms with van der Waals surface area (Å²) in [5, 5.41) is 4.90. The van der Waals surface area contributed by atoms with E-state index in [1.165, 1.54) is 0 Å². The van der Waals surface area contributed by atoms with Crippen LogP contribution in [0.5, 0.6) is 5.75 Å². The smallest absolute Gasteiger partial charge is 0.229 e. The first-order valence-electron chi connectivity index (χ1n) is 7.42. The third-order valence-electron chi connectivity index (χ3n) is 3.77. The number of ether oxygens (including phenoxy) is 1. The minimum atomic E-state index is -0.152. The number of methoxy groups -OCH3 is 1. The Bertz CT molecular complexity index is 700. The van der Waals surface area contributed by atoms with Crippen LogP contribution in [0, 0.1) is 0 Å². The van der Waals surface area contributed by atoms with Gasteiger partial charge in [-0.05, 0) is 23.6 Å². The number of thiophene rings is 1. The number of benzene rings is 1. The number of nitrogens with one attached hydrogen (secondary N) is 1. The van der Waals surface area contributed by atoms with Crippen LogP contribution < -0.4 is 15.0 Å². The molecule has 2 heterocycles. The Hall–Kier alpha value is -2.34. The van der Waals surface area contributed by atoms with Crippen molar-refractivity contribution in [3.63, 3.8) is 0 Å². The highest BCUT2D eigenvalue weighted by molar-refractivity contribution is 7.10. The van der Waals surface area contributed by atoms with Crippen molar-refractivity contribution in [2.24, 2.45) is 0 Å². The first kappa shape index (κ1) is 15.6. The molecule has 120 valence electrons. The van der Waals surface area contributed by atoms with E-state index >= 15 is 0 Å². The summed E-state index contributed by atoms with van der Waals surface area (Å²) in [5.41, 5.74) is 0.796. The van der Waals surface area contributed by atoms with Crippen molar-refractivity contribution in [2.75, 3.05) is 18.6 Å². The summed E-state index contributed by atoms with van der Waals surface area (Å²) in [6.45, 7) is 0.488. The van der Waals surface area contributed by atoms with E-state index in [4.69, 9.17) is 4.74 Å². The van der Waals surface area contributed by atoms with E-state index in [9.17, 15) is 9.59 Å². The zero-order valence-electron chi connectivity index (χ0n) is 12.8. The number of rotatable bonds is 5. The molecule has 2 amide bonds. The Morgan fingerprint density at radius 2 is 2.26 bits per heavy atom. The van der Waals surface area contributed by atoms with Crippen LogP contribution in [0.15, 0.2) is 41.8 Å². The van der Waals surface area contributed by atoms with E-state index in [0.29, 0.717) is 25.1 Å². The molecule has 1 aromatic heterocycles. The lowest BCUT2D eigenvalue weighted by atomic mass is 10.2. The molecule has 1 aromatic carbocycles. The maximum Gasteiger partial charge on any atom is 0.229 e. The van der Waals surface area contributed by atoms with Gasteiger partial charge in [0.15, 0.2) is 0 Å². The third kappa shape index (κ3) is 3.71. The highest BCUT2D eigenvalue weighted by atomic mass is 32.1. The van der Waals surface area contributed by atoms with Gasteiger partial charge in [0.1, 0.15) is 5.75 Å². The van der Waals surface area contributed by atoms with Gasteiger partial charge in [0.25, 0.3) is 0 Å². The summed E-state index contributed by atoms with van der Waals surface area (Å²) in [6, 6.07) is 11.1. The van der Waals surface area contributed by atoms with E-state index < -0.39 is 0 Å². The largest absolute Gasteiger partial charge is 0.497 e. The summed E-state index contributed by atoms with van der Waals surface area (Å²) in [6.07, 6.45) is 0.689. The second-order valence-corrected chi connectivity index (χ2v) is 6.46. The van der Waals surface area contributed by atoms with Crippen molar-refractivity contribution >= 4 is 28.8 Å². The lowest BCUT2D eigenvalue weighted by Crippen LogP contribution is -2.37. The van der Waals surface area contributed by atoms with E-state index in [2.05, 4.69) is 5.32 Å². The second kappa shape index (κ2) is 6.83. The number of carbonyl (C=O) groups excluding carboxylic acids is 2. The molecule has 1 fully saturated rings. The molecule has 0 saturated carbocycles. The molecule has 0 radical (unpaired) electrons. The predicted molar refractivity (Wildman–Crippen MR) is 89.9 cm³/mol. The highest BCUT2D eigenvalue weighted by Gasteiger charge is 2.31. The van der Waals surface area contributed by atoms with Crippen LogP contribution in [0.2, 0.25) is 0 Å². The van der Waals surface area contributed by atoms with Crippen LogP contribution in [-0.4, -0.2) is 31.5 Å². The second-order valence-electron chi connectivity index (χ2n) is 5.43. The highest BCUT2D eigenvalue weighted by Crippen LogP contribution is 2.25. The molecule has 1 aliphatic rings. The van der Waals surface area contributed by atoms with Crippen LogP contribution >= 0.6 is 11.3 Å². The molecule has 2 aromatic rings. The molecule has 1 aliphatic heterocycles. The van der Waals surface area contributed by atoms with Crippen molar-refractivity contribution in [1.29, 1.82) is 0 Å². The van der Waals surface area contributed by atoms with Crippen molar-refractivity contribution in [3.8, 4) is 5.75 Å². The molecule has 0 unspecified atom stereocenters. The number of anilines is 1. The molecule has 1 atom stereocenters. The first-order valence-corrected chi connectivity index (χ1v) is 8.30. The monoisotopic (exact) mass is 330 g/mol. The topological polar surface area (TPSA) is 58.6 Å². The molecule has 3 rings (SSSR count). The number of nitrogens with zero attached hydrogens (tertiary/aromatic N) is 1. The van der Waals surface area contributed by atoms with Crippen molar-refractivity contribution in [1.82, 2.24) is 5.32 Å². The molecule has 0 spiro atoms. The fourth-order valence-corrected chi connectivity index (χ4v) is 3.39. The zero-order valence-corrected chi connectivity index (χ0v) is 13.6. The minimum absolute atomic E-state index is 0.0136. The van der Waals surface area contributed by atoms with Gasteiger partial charge in [-0.3, -0.25) is 9.59 Å². The van der Waals surface area contributed by atoms with Crippen molar-refractivity contribution < 1.29 is 14.3 Å². The Balaban J connectivity index is 1.61. The number of hydrogen-bond acceptors (Lipinski definition) is 4. The molecule has 6 heteroatoms. The van der Waals surface area contributed by atoms with E-state index in [1.54, 1.807) is 23.3 Å². The maximum atomic E-state index is 12.2. The van der Waals surface area contributed by atoms with Crippen LogP contribution in [0.3, 0.4) is 0 Å². The third-order valence-corrected chi connectivity index (χ3v) is 4.65. The SMILES string of the molecule is COc1cccc(N2C[C@@H](NC(=O)Cc3cccs3)CC2=O)c1. The molecule has 23 heavy (non-hydrogen) atoms. The Labute approximate surface area is 138 Å². The van der Waals surface area contributed by atoms with Crippen molar-refractivity contribution in [3.05, 3.63) is 46.7 Å². The lowest BCUT2D eigenvalue weighted by molar-refractivity contribution is -0.121. The van der Waals surface area contributed by atoms with Gasteiger partial charge in [0.2, 0.25) is 11.8 Å². The molecule has 5 nitrogen and oxygen atoms in total. The summed E-state index contributed by atoms with van der Waals surface area (Å²) < 4.78 is 5.19. The summed E-state index contributed by atoms with van der Waals surface area (Å²) in [7, 11) is 1.60. The number of carbonyl (C=O) groups is 2. The number of amides is 2. The Morgan fingerprint density at radius 1 is 1.39 bits per heavy atom. The first-order chi connectivity index (χ1) is 11.2. The van der Waals surface area contributed by atoms with Gasteiger partial charge in [-0.15, -0.1) is 11.3 Å². The summed E-state index contributed by atoms with van der Waals surface area (Å²) in [4.78, 5) is 27.0. The summed E-state index contributed by atoms with van der Waals surface area (Å²) >= 11 is 1.56. The average Bonchev–Trinajstić information content (AvgIpc) is 3.17. The molecular formula is C17H18N2O3S. The fourth-order valence-electron chi connectivity index (χ4n) is 2.68.